The van der Waals surface area contributed by atoms with E-state index in [0.717, 1.165) is 38.8 Å². The van der Waals surface area contributed by atoms with Gasteiger partial charge in [-0.05, 0) is 42.9 Å². The molecule has 3 rings (SSSR count). The largest absolute Gasteiger partial charge is 0.354 e. The molecule has 2 aromatic rings. The molecule has 140 valence electrons. The molecule has 27 heavy (non-hydrogen) atoms. The molecule has 1 aromatic carbocycles. The molecule has 6 nitrogen and oxygen atoms in total. The molecule has 0 bridgehead atoms. The molecule has 1 aliphatic heterocycles. The second-order valence-corrected chi connectivity index (χ2v) is 6.93. The first kappa shape index (κ1) is 18.8. The van der Waals surface area contributed by atoms with Crippen molar-refractivity contribution in [3.05, 3.63) is 53.5 Å². The summed E-state index contributed by atoms with van der Waals surface area (Å²) in [7, 11) is 0. The standard InChI is InChI=1S/C21H25N5O/c1-2-3-16-4-6-18(7-5-16)21(27)25-15-17-8-12-26(13-9-17)20-19(14-22)23-10-11-24-20/h4-7,10-11,17H,2-3,8-9,12-13,15H2,1H3,(H,25,27). The van der Waals surface area contributed by atoms with Crippen LogP contribution in [0.2, 0.25) is 0 Å². The van der Waals surface area contributed by atoms with E-state index >= 15 is 0 Å². The number of amides is 1. The molecule has 1 aromatic heterocycles. The Labute approximate surface area is 160 Å². The number of nitriles is 1. The molecule has 1 fully saturated rings. The van der Waals surface area contributed by atoms with E-state index in [4.69, 9.17) is 0 Å². The minimum Gasteiger partial charge on any atom is -0.354 e. The van der Waals surface area contributed by atoms with Crippen LogP contribution in [-0.2, 0) is 6.42 Å². The Bertz CT molecular complexity index is 804. The molecule has 0 unspecified atom stereocenters. The summed E-state index contributed by atoms with van der Waals surface area (Å²) in [6.07, 6.45) is 7.22. The van der Waals surface area contributed by atoms with Crippen molar-refractivity contribution in [2.45, 2.75) is 32.6 Å². The predicted octanol–water partition coefficient (Wildman–Crippen LogP) is 2.95. The first-order valence-electron chi connectivity index (χ1n) is 9.54. The summed E-state index contributed by atoms with van der Waals surface area (Å²) in [5.74, 6) is 1.09. The van der Waals surface area contributed by atoms with Gasteiger partial charge in [0.2, 0.25) is 0 Å². The van der Waals surface area contributed by atoms with Gasteiger partial charge >= 0.3 is 0 Å². The molecule has 0 radical (unpaired) electrons. The van der Waals surface area contributed by atoms with E-state index in [1.54, 1.807) is 12.4 Å². The molecule has 0 aliphatic carbocycles. The van der Waals surface area contributed by atoms with Gasteiger partial charge in [0.1, 0.15) is 6.07 Å². The average Bonchev–Trinajstić information content (AvgIpc) is 2.73. The highest BCUT2D eigenvalue weighted by Gasteiger charge is 2.22. The third-order valence-corrected chi connectivity index (χ3v) is 5.00. The summed E-state index contributed by atoms with van der Waals surface area (Å²) in [5, 5.41) is 12.2. The van der Waals surface area contributed by atoms with Gasteiger partial charge in [0.05, 0.1) is 0 Å². The lowest BCUT2D eigenvalue weighted by Gasteiger charge is -2.32. The van der Waals surface area contributed by atoms with Crippen LogP contribution in [0.25, 0.3) is 0 Å². The number of benzene rings is 1. The molecule has 1 amide bonds. The van der Waals surface area contributed by atoms with Crippen molar-refractivity contribution < 1.29 is 4.79 Å². The number of nitrogens with one attached hydrogen (secondary N) is 1. The lowest BCUT2D eigenvalue weighted by atomic mass is 9.96. The van der Waals surface area contributed by atoms with Crippen molar-refractivity contribution >= 4 is 11.7 Å². The SMILES string of the molecule is CCCc1ccc(C(=O)NCC2CCN(c3nccnc3C#N)CC2)cc1. The van der Waals surface area contributed by atoms with Crippen molar-refractivity contribution in [3.63, 3.8) is 0 Å². The van der Waals surface area contributed by atoms with Crippen LogP contribution in [0.5, 0.6) is 0 Å². The van der Waals surface area contributed by atoms with Gasteiger partial charge in [-0.2, -0.15) is 5.26 Å². The molecule has 1 N–H and O–H groups in total. The lowest BCUT2D eigenvalue weighted by Crippen LogP contribution is -2.39. The van der Waals surface area contributed by atoms with Crippen molar-refractivity contribution in [2.24, 2.45) is 5.92 Å². The number of nitrogens with zero attached hydrogens (tertiary/aromatic N) is 4. The maximum absolute atomic E-state index is 12.3. The smallest absolute Gasteiger partial charge is 0.251 e. The molecule has 2 heterocycles. The zero-order valence-corrected chi connectivity index (χ0v) is 15.7. The first-order chi connectivity index (χ1) is 13.2. The van der Waals surface area contributed by atoms with Crippen LogP contribution in [0.3, 0.4) is 0 Å². The predicted molar refractivity (Wildman–Crippen MR) is 104 cm³/mol. The maximum Gasteiger partial charge on any atom is 0.251 e. The maximum atomic E-state index is 12.3. The van der Waals surface area contributed by atoms with Gasteiger partial charge in [-0.3, -0.25) is 4.79 Å². The first-order valence-corrected chi connectivity index (χ1v) is 9.54. The zero-order valence-electron chi connectivity index (χ0n) is 15.7. The zero-order chi connectivity index (χ0) is 19.1. The van der Waals surface area contributed by atoms with E-state index in [1.165, 1.54) is 5.56 Å². The van der Waals surface area contributed by atoms with Crippen LogP contribution in [0.4, 0.5) is 5.82 Å². The minimum atomic E-state index is -0.0128. The normalized spacial score (nSPS) is 14.6. The number of carbonyl (C=O) groups excluding carboxylic acids is 1. The number of aryl methyl sites for hydroxylation is 1. The van der Waals surface area contributed by atoms with Gasteiger partial charge < -0.3 is 10.2 Å². The third-order valence-electron chi connectivity index (χ3n) is 5.00. The second kappa shape index (κ2) is 9.13. The van der Waals surface area contributed by atoms with E-state index in [1.807, 2.05) is 24.3 Å². The number of hydrogen-bond donors (Lipinski definition) is 1. The van der Waals surface area contributed by atoms with Crippen molar-refractivity contribution in [1.29, 1.82) is 5.26 Å². The Morgan fingerprint density at radius 2 is 1.93 bits per heavy atom. The van der Waals surface area contributed by atoms with Gasteiger partial charge in [0, 0.05) is 37.6 Å². The molecule has 1 aliphatic rings. The Kier molecular flexibility index (Phi) is 6.37. The highest BCUT2D eigenvalue weighted by molar-refractivity contribution is 5.94. The average molecular weight is 363 g/mol. The topological polar surface area (TPSA) is 81.9 Å². The quantitative estimate of drug-likeness (QED) is 0.853. The number of rotatable bonds is 6. The molecule has 6 heteroatoms. The van der Waals surface area contributed by atoms with Crippen LogP contribution in [0.15, 0.2) is 36.7 Å². The molecular weight excluding hydrogens is 338 g/mol. The highest BCUT2D eigenvalue weighted by Crippen LogP contribution is 2.23. The molecule has 0 saturated carbocycles. The fourth-order valence-corrected chi connectivity index (χ4v) is 3.44. The fourth-order valence-electron chi connectivity index (χ4n) is 3.44. The Morgan fingerprint density at radius 3 is 2.59 bits per heavy atom. The van der Waals surface area contributed by atoms with Gasteiger partial charge in [0.25, 0.3) is 5.91 Å². The van der Waals surface area contributed by atoms with Gasteiger partial charge in [-0.15, -0.1) is 0 Å². The van der Waals surface area contributed by atoms with Crippen LogP contribution in [0, 0.1) is 17.2 Å². The monoisotopic (exact) mass is 363 g/mol. The second-order valence-electron chi connectivity index (χ2n) is 6.93. The van der Waals surface area contributed by atoms with Crippen molar-refractivity contribution in [1.82, 2.24) is 15.3 Å². The Morgan fingerprint density at radius 1 is 1.22 bits per heavy atom. The molecular formula is C21H25N5O. The number of aromatic nitrogens is 2. The van der Waals surface area contributed by atoms with E-state index in [-0.39, 0.29) is 5.91 Å². The number of anilines is 1. The van der Waals surface area contributed by atoms with Gasteiger partial charge in [0.15, 0.2) is 11.5 Å². The van der Waals surface area contributed by atoms with Crippen molar-refractivity contribution in [3.8, 4) is 6.07 Å². The third kappa shape index (κ3) is 4.82. The van der Waals surface area contributed by atoms with Gasteiger partial charge in [-0.1, -0.05) is 25.5 Å². The van der Waals surface area contributed by atoms with E-state index < -0.39 is 0 Å². The number of carbonyl (C=O) groups is 1. The Hall–Kier alpha value is -2.94. The van der Waals surface area contributed by atoms with Crippen molar-refractivity contribution in [2.75, 3.05) is 24.5 Å². The summed E-state index contributed by atoms with van der Waals surface area (Å²) in [4.78, 5) is 22.8. The minimum absolute atomic E-state index is 0.0128. The Balaban J connectivity index is 1.48. The van der Waals surface area contributed by atoms with E-state index in [9.17, 15) is 10.1 Å². The molecule has 0 spiro atoms. The van der Waals surface area contributed by atoms with E-state index in [2.05, 4.69) is 33.2 Å². The van der Waals surface area contributed by atoms with Crippen LogP contribution in [-0.4, -0.2) is 35.5 Å². The fraction of sp³-hybridized carbons (Fsp3) is 0.429. The van der Waals surface area contributed by atoms with Crippen LogP contribution < -0.4 is 10.2 Å². The number of piperidine rings is 1. The summed E-state index contributed by atoms with van der Waals surface area (Å²) in [6, 6.07) is 9.97. The summed E-state index contributed by atoms with van der Waals surface area (Å²) < 4.78 is 0. The summed E-state index contributed by atoms with van der Waals surface area (Å²) >= 11 is 0. The van der Waals surface area contributed by atoms with E-state index in [0.29, 0.717) is 29.5 Å². The summed E-state index contributed by atoms with van der Waals surface area (Å²) in [6.45, 7) is 4.46. The molecule has 0 atom stereocenters. The molecule has 1 saturated heterocycles. The number of hydrogen-bond acceptors (Lipinski definition) is 5. The highest BCUT2D eigenvalue weighted by atomic mass is 16.1. The van der Waals surface area contributed by atoms with Gasteiger partial charge in [-0.25, -0.2) is 9.97 Å². The lowest BCUT2D eigenvalue weighted by molar-refractivity contribution is 0.0945. The van der Waals surface area contributed by atoms with Crippen LogP contribution >= 0.6 is 0 Å². The van der Waals surface area contributed by atoms with Crippen LogP contribution in [0.1, 0.15) is 47.8 Å². The summed E-state index contributed by atoms with van der Waals surface area (Å²) in [5.41, 5.74) is 2.35.